The Bertz CT molecular complexity index is 371. The van der Waals surface area contributed by atoms with Crippen LogP contribution in [0.2, 0.25) is 0 Å². The van der Waals surface area contributed by atoms with E-state index in [0.29, 0.717) is 18.8 Å². The maximum absolute atomic E-state index is 11.9. The second-order valence-corrected chi connectivity index (χ2v) is 5.63. The number of aromatic nitrogens is 3. The zero-order valence-electron chi connectivity index (χ0n) is 12.6. The van der Waals surface area contributed by atoms with Crippen molar-refractivity contribution in [1.82, 2.24) is 14.8 Å². The third-order valence-corrected chi connectivity index (χ3v) is 3.15. The van der Waals surface area contributed by atoms with E-state index in [-0.39, 0.29) is 5.78 Å². The third-order valence-electron chi connectivity index (χ3n) is 3.15. The van der Waals surface area contributed by atoms with Gasteiger partial charge >= 0.3 is 0 Å². The summed E-state index contributed by atoms with van der Waals surface area (Å²) in [5.74, 6) is 1.62. The van der Waals surface area contributed by atoms with Gasteiger partial charge in [0.15, 0.2) is 0 Å². The van der Waals surface area contributed by atoms with Crippen molar-refractivity contribution in [2.45, 2.75) is 72.3 Å². The molecule has 1 rings (SSSR count). The van der Waals surface area contributed by atoms with Crippen molar-refractivity contribution in [3.8, 4) is 0 Å². The number of hydrogen-bond acceptors (Lipinski definition) is 3. The van der Waals surface area contributed by atoms with Gasteiger partial charge in [0, 0.05) is 13.0 Å². The molecule has 0 radical (unpaired) electrons. The van der Waals surface area contributed by atoms with E-state index < -0.39 is 0 Å². The number of unbranched alkanes of at least 4 members (excludes halogenated alkanes) is 4. The molecule has 0 atom stereocenters. The van der Waals surface area contributed by atoms with E-state index >= 15 is 0 Å². The molecule has 1 heterocycles. The Morgan fingerprint density at radius 1 is 1.26 bits per heavy atom. The Morgan fingerprint density at radius 2 is 2.00 bits per heavy atom. The molecule has 1 aromatic heterocycles. The maximum Gasteiger partial charge on any atom is 0.140 e. The zero-order chi connectivity index (χ0) is 14.1. The van der Waals surface area contributed by atoms with Crippen LogP contribution in [0.4, 0.5) is 0 Å². The number of carbonyl (C=O) groups excluding carboxylic acids is 1. The molecule has 0 fully saturated rings. The molecule has 108 valence electrons. The van der Waals surface area contributed by atoms with E-state index in [2.05, 4.69) is 30.9 Å². The molecule has 1 aromatic rings. The normalized spacial score (nSPS) is 11.2. The van der Waals surface area contributed by atoms with E-state index in [1.54, 1.807) is 6.33 Å². The van der Waals surface area contributed by atoms with Gasteiger partial charge in [-0.05, 0) is 12.3 Å². The lowest BCUT2D eigenvalue weighted by atomic mass is 10.1. The Morgan fingerprint density at radius 3 is 2.68 bits per heavy atom. The van der Waals surface area contributed by atoms with Crippen molar-refractivity contribution in [3.05, 3.63) is 12.2 Å². The highest BCUT2D eigenvalue weighted by molar-refractivity contribution is 5.80. The van der Waals surface area contributed by atoms with Gasteiger partial charge in [0.25, 0.3) is 0 Å². The van der Waals surface area contributed by atoms with Crippen molar-refractivity contribution in [1.29, 1.82) is 0 Å². The van der Waals surface area contributed by atoms with Crippen molar-refractivity contribution in [2.75, 3.05) is 0 Å². The van der Waals surface area contributed by atoms with Gasteiger partial charge in [0.2, 0.25) is 0 Å². The molecule has 19 heavy (non-hydrogen) atoms. The van der Waals surface area contributed by atoms with Crippen molar-refractivity contribution >= 4 is 5.78 Å². The highest BCUT2D eigenvalue weighted by atomic mass is 16.1. The largest absolute Gasteiger partial charge is 0.299 e. The highest BCUT2D eigenvalue weighted by Crippen LogP contribution is 2.08. The molecule has 0 aliphatic rings. The van der Waals surface area contributed by atoms with E-state index in [4.69, 9.17) is 0 Å². The first-order valence-corrected chi connectivity index (χ1v) is 7.51. The first-order chi connectivity index (χ1) is 9.13. The Kier molecular flexibility index (Phi) is 7.38. The number of Topliss-reactive ketones (excluding diaryl/α,β-unsaturated/α-hetero) is 1. The van der Waals surface area contributed by atoms with Gasteiger partial charge < -0.3 is 0 Å². The van der Waals surface area contributed by atoms with Crippen molar-refractivity contribution < 1.29 is 4.79 Å². The molecular weight excluding hydrogens is 238 g/mol. The molecule has 0 spiro atoms. The van der Waals surface area contributed by atoms with E-state index in [9.17, 15) is 4.79 Å². The number of carbonyl (C=O) groups is 1. The molecule has 0 unspecified atom stereocenters. The molecule has 0 aromatic carbocycles. The zero-order valence-corrected chi connectivity index (χ0v) is 12.6. The Balaban J connectivity index is 2.30. The average Bonchev–Trinajstić information content (AvgIpc) is 2.75. The molecule has 0 saturated heterocycles. The average molecular weight is 265 g/mol. The van der Waals surface area contributed by atoms with Gasteiger partial charge in [0.1, 0.15) is 17.9 Å². The Hall–Kier alpha value is -1.19. The van der Waals surface area contributed by atoms with Crippen molar-refractivity contribution in [3.63, 3.8) is 0 Å². The van der Waals surface area contributed by atoms with Gasteiger partial charge in [-0.2, -0.15) is 5.10 Å². The number of rotatable bonds is 10. The molecule has 4 nitrogen and oxygen atoms in total. The van der Waals surface area contributed by atoms with E-state index in [0.717, 1.165) is 25.2 Å². The minimum Gasteiger partial charge on any atom is -0.299 e. The molecular formula is C15H27N3O. The van der Waals surface area contributed by atoms with Crippen LogP contribution in [0.3, 0.4) is 0 Å². The summed E-state index contributed by atoms with van der Waals surface area (Å²) in [6.07, 6.45) is 8.59. The number of hydrogen-bond donors (Lipinski definition) is 0. The molecule has 0 aliphatic heterocycles. The first-order valence-electron chi connectivity index (χ1n) is 7.51. The lowest BCUT2D eigenvalue weighted by Gasteiger charge is -2.08. The summed E-state index contributed by atoms with van der Waals surface area (Å²) in [6.45, 7) is 7.31. The summed E-state index contributed by atoms with van der Waals surface area (Å²) < 4.78 is 1.86. The van der Waals surface area contributed by atoms with Crippen LogP contribution in [0.5, 0.6) is 0 Å². The van der Waals surface area contributed by atoms with Crippen LogP contribution in [0.1, 0.15) is 65.1 Å². The van der Waals surface area contributed by atoms with Gasteiger partial charge in [-0.15, -0.1) is 0 Å². The van der Waals surface area contributed by atoms with E-state index in [1.807, 2.05) is 4.68 Å². The van der Waals surface area contributed by atoms with Crippen LogP contribution in [0.25, 0.3) is 0 Å². The fourth-order valence-electron chi connectivity index (χ4n) is 2.11. The smallest absolute Gasteiger partial charge is 0.140 e. The van der Waals surface area contributed by atoms with E-state index in [1.165, 1.54) is 19.3 Å². The first kappa shape index (κ1) is 15.9. The molecule has 0 N–H and O–H groups in total. The van der Waals surface area contributed by atoms with Gasteiger partial charge in [-0.3, -0.25) is 4.79 Å². The summed E-state index contributed by atoms with van der Waals surface area (Å²) in [5.41, 5.74) is 0. The highest BCUT2D eigenvalue weighted by Gasteiger charge is 2.10. The molecule has 0 amide bonds. The van der Waals surface area contributed by atoms with Crippen LogP contribution in [0.15, 0.2) is 6.33 Å². The maximum atomic E-state index is 11.9. The van der Waals surface area contributed by atoms with Crippen LogP contribution in [0, 0.1) is 5.92 Å². The summed E-state index contributed by atoms with van der Waals surface area (Å²) in [4.78, 5) is 16.1. The number of nitrogens with zero attached hydrogens (tertiary/aromatic N) is 3. The van der Waals surface area contributed by atoms with Crippen LogP contribution >= 0.6 is 0 Å². The predicted molar refractivity (Wildman–Crippen MR) is 76.9 cm³/mol. The fraction of sp³-hybridized carbons (Fsp3) is 0.800. The van der Waals surface area contributed by atoms with Gasteiger partial charge in [0.05, 0.1) is 6.42 Å². The monoisotopic (exact) mass is 265 g/mol. The minimum atomic E-state index is 0.287. The topological polar surface area (TPSA) is 47.8 Å². The SMILES string of the molecule is CCCCCCCC(=O)Cc1ncnn1CC(C)C. The van der Waals surface area contributed by atoms with Gasteiger partial charge in [-0.1, -0.05) is 46.5 Å². The second-order valence-electron chi connectivity index (χ2n) is 5.63. The van der Waals surface area contributed by atoms with Gasteiger partial charge in [-0.25, -0.2) is 9.67 Å². The quantitative estimate of drug-likeness (QED) is 0.609. The molecule has 0 aliphatic carbocycles. The summed E-state index contributed by atoms with van der Waals surface area (Å²) in [7, 11) is 0. The summed E-state index contributed by atoms with van der Waals surface area (Å²) >= 11 is 0. The lowest BCUT2D eigenvalue weighted by Crippen LogP contribution is -2.14. The minimum absolute atomic E-state index is 0.287. The fourth-order valence-corrected chi connectivity index (χ4v) is 2.11. The second kappa shape index (κ2) is 8.83. The lowest BCUT2D eigenvalue weighted by molar-refractivity contribution is -0.118. The van der Waals surface area contributed by atoms with Crippen LogP contribution in [-0.4, -0.2) is 20.5 Å². The Labute approximate surface area is 116 Å². The van der Waals surface area contributed by atoms with Crippen LogP contribution < -0.4 is 0 Å². The summed E-state index contributed by atoms with van der Waals surface area (Å²) in [5, 5.41) is 4.18. The number of ketones is 1. The molecule has 0 bridgehead atoms. The molecule has 4 heteroatoms. The predicted octanol–water partition coefficient (Wildman–Crippen LogP) is 3.41. The summed E-state index contributed by atoms with van der Waals surface area (Å²) in [6, 6.07) is 0. The van der Waals surface area contributed by atoms with Crippen LogP contribution in [-0.2, 0) is 17.8 Å². The molecule has 0 saturated carbocycles. The third kappa shape index (κ3) is 6.50. The standard InChI is InChI=1S/C15H27N3O/c1-4-5-6-7-8-9-14(19)10-15-16-12-17-18(15)11-13(2)3/h12-13H,4-11H2,1-3H3. The van der Waals surface area contributed by atoms with Crippen molar-refractivity contribution in [2.24, 2.45) is 5.92 Å².